The number of carboxylic acids is 1. The quantitative estimate of drug-likeness (QED) is 0.806. The molecule has 0 aliphatic carbocycles. The van der Waals surface area contributed by atoms with Crippen LogP contribution in [0.5, 0.6) is 11.5 Å². The maximum absolute atomic E-state index is 13.2. The van der Waals surface area contributed by atoms with Crippen LogP contribution < -0.4 is 19.7 Å². The molecule has 152 valence electrons. The number of nitrogens with zero attached hydrogens (tertiary/aromatic N) is 1. The summed E-state index contributed by atoms with van der Waals surface area (Å²) < 4.78 is 16.0. The van der Waals surface area contributed by atoms with Gasteiger partial charge < -0.3 is 24.6 Å². The van der Waals surface area contributed by atoms with Crippen molar-refractivity contribution in [2.24, 2.45) is 0 Å². The van der Waals surface area contributed by atoms with E-state index in [2.05, 4.69) is 5.32 Å². The molecule has 9 nitrogen and oxygen atoms in total. The molecule has 0 saturated carbocycles. The van der Waals surface area contributed by atoms with Gasteiger partial charge in [0.05, 0.1) is 5.69 Å². The Kier molecular flexibility index (Phi) is 5.10. The summed E-state index contributed by atoms with van der Waals surface area (Å²) in [6, 6.07) is 1.28. The summed E-state index contributed by atoms with van der Waals surface area (Å²) in [7, 11) is 0. The van der Waals surface area contributed by atoms with Crippen LogP contribution in [0.25, 0.3) is 0 Å². The highest BCUT2D eigenvalue weighted by Gasteiger charge is 2.43. The van der Waals surface area contributed by atoms with Crippen molar-refractivity contribution < 1.29 is 33.7 Å². The highest BCUT2D eigenvalue weighted by molar-refractivity contribution is 6.05. The Balaban J connectivity index is 1.88. The van der Waals surface area contributed by atoms with Crippen LogP contribution in [0.15, 0.2) is 12.1 Å². The minimum atomic E-state index is -1.13. The molecule has 0 radical (unpaired) electrons. The zero-order valence-electron chi connectivity index (χ0n) is 16.3. The zero-order valence-corrected chi connectivity index (χ0v) is 16.3. The molecule has 9 heteroatoms. The number of hydrogen-bond acceptors (Lipinski definition) is 6. The average molecular weight is 392 g/mol. The number of fused-ring (bicyclic) bond motifs is 3. The molecule has 0 aromatic heterocycles. The predicted molar refractivity (Wildman–Crippen MR) is 98.6 cm³/mol. The number of benzene rings is 1. The van der Waals surface area contributed by atoms with Crippen molar-refractivity contribution in [3.8, 4) is 11.5 Å². The summed E-state index contributed by atoms with van der Waals surface area (Å²) in [5.74, 6) is -0.661. The first-order chi connectivity index (χ1) is 13.1. The summed E-state index contributed by atoms with van der Waals surface area (Å²) in [5.41, 5.74) is 0.349. The summed E-state index contributed by atoms with van der Waals surface area (Å²) in [6.07, 6.45) is -0.350. The number of carbonyl (C=O) groups is 3. The van der Waals surface area contributed by atoms with Gasteiger partial charge in [-0.2, -0.15) is 0 Å². The van der Waals surface area contributed by atoms with Gasteiger partial charge in [0.1, 0.15) is 17.7 Å². The summed E-state index contributed by atoms with van der Waals surface area (Å²) in [5, 5.41) is 12.2. The maximum Gasteiger partial charge on any atom is 0.408 e. The molecule has 28 heavy (non-hydrogen) atoms. The number of carboxylic acid groups (broad SMARTS) is 1. The van der Waals surface area contributed by atoms with Gasteiger partial charge in [0.2, 0.25) is 6.79 Å². The second-order valence-corrected chi connectivity index (χ2v) is 7.67. The fourth-order valence-corrected chi connectivity index (χ4v) is 3.32. The maximum atomic E-state index is 13.2. The van der Waals surface area contributed by atoms with Crippen LogP contribution in [-0.2, 0) is 20.7 Å². The van der Waals surface area contributed by atoms with Gasteiger partial charge in [-0.3, -0.25) is 9.69 Å². The summed E-state index contributed by atoms with van der Waals surface area (Å²) >= 11 is 0. The molecular weight excluding hydrogens is 368 g/mol. The Morgan fingerprint density at radius 1 is 1.32 bits per heavy atom. The van der Waals surface area contributed by atoms with E-state index >= 15 is 0 Å². The van der Waals surface area contributed by atoms with Gasteiger partial charge in [0.25, 0.3) is 5.91 Å². The van der Waals surface area contributed by atoms with Gasteiger partial charge in [-0.25, -0.2) is 9.59 Å². The third-order valence-corrected chi connectivity index (χ3v) is 4.51. The Morgan fingerprint density at radius 3 is 2.64 bits per heavy atom. The van der Waals surface area contributed by atoms with E-state index in [-0.39, 0.29) is 19.6 Å². The Labute approximate surface area is 162 Å². The lowest BCUT2D eigenvalue weighted by atomic mass is 10.1. The summed E-state index contributed by atoms with van der Waals surface area (Å²) in [4.78, 5) is 38.3. The van der Waals surface area contributed by atoms with Crippen molar-refractivity contribution >= 4 is 23.7 Å². The second kappa shape index (κ2) is 7.21. The number of amides is 2. The van der Waals surface area contributed by atoms with Crippen LogP contribution in [0.3, 0.4) is 0 Å². The van der Waals surface area contributed by atoms with Crippen LogP contribution in [-0.4, -0.2) is 47.6 Å². The molecule has 3 rings (SSSR count). The molecule has 2 atom stereocenters. The topological polar surface area (TPSA) is 114 Å². The molecule has 0 bridgehead atoms. The molecule has 0 saturated heterocycles. The zero-order chi connectivity index (χ0) is 20.6. The minimum absolute atomic E-state index is 0.0508. The van der Waals surface area contributed by atoms with E-state index in [1.807, 2.05) is 0 Å². The summed E-state index contributed by atoms with van der Waals surface area (Å²) in [6.45, 7) is 6.93. The van der Waals surface area contributed by atoms with E-state index in [0.717, 1.165) is 0 Å². The normalized spacial score (nSPS) is 18.4. The molecule has 1 aromatic rings. The first kappa shape index (κ1) is 19.8. The van der Waals surface area contributed by atoms with Gasteiger partial charge in [0.15, 0.2) is 11.5 Å². The number of aliphatic carboxylic acids is 1. The largest absolute Gasteiger partial charge is 0.480 e. The molecule has 2 amide bonds. The minimum Gasteiger partial charge on any atom is -0.480 e. The van der Waals surface area contributed by atoms with E-state index in [0.29, 0.717) is 22.7 Å². The Morgan fingerprint density at radius 2 is 2.04 bits per heavy atom. The fourth-order valence-electron chi connectivity index (χ4n) is 3.32. The van der Waals surface area contributed by atoms with Gasteiger partial charge in [-0.1, -0.05) is 6.92 Å². The molecule has 2 heterocycles. The molecule has 2 aliphatic rings. The van der Waals surface area contributed by atoms with E-state index in [1.165, 1.54) is 4.90 Å². The Bertz CT molecular complexity index is 815. The molecule has 1 aromatic carbocycles. The van der Waals surface area contributed by atoms with Crippen LogP contribution in [0.2, 0.25) is 0 Å². The molecular formula is C19H24N2O7. The molecule has 1 unspecified atom stereocenters. The van der Waals surface area contributed by atoms with Crippen molar-refractivity contribution in [3.05, 3.63) is 17.7 Å². The first-order valence-corrected chi connectivity index (χ1v) is 9.09. The van der Waals surface area contributed by atoms with E-state index in [1.54, 1.807) is 39.8 Å². The lowest BCUT2D eigenvalue weighted by Crippen LogP contribution is -2.53. The third kappa shape index (κ3) is 3.69. The smallest absolute Gasteiger partial charge is 0.408 e. The number of carbonyl (C=O) groups excluding carboxylic acids is 2. The van der Waals surface area contributed by atoms with Crippen molar-refractivity contribution in [2.45, 2.75) is 58.2 Å². The van der Waals surface area contributed by atoms with Crippen molar-refractivity contribution in [3.63, 3.8) is 0 Å². The van der Waals surface area contributed by atoms with Crippen LogP contribution >= 0.6 is 0 Å². The molecule has 0 fully saturated rings. The SMILES string of the molecule is CC[C@H](NC(=O)OC(C)(C)C)C(=O)N1c2ccc3c(c2CC1C(=O)O)OCO3. The van der Waals surface area contributed by atoms with E-state index in [9.17, 15) is 19.5 Å². The number of rotatable bonds is 4. The van der Waals surface area contributed by atoms with Crippen molar-refractivity contribution in [2.75, 3.05) is 11.7 Å². The van der Waals surface area contributed by atoms with Crippen LogP contribution in [0, 0.1) is 0 Å². The van der Waals surface area contributed by atoms with E-state index < -0.39 is 35.7 Å². The Hall–Kier alpha value is -2.97. The molecule has 0 spiro atoms. The van der Waals surface area contributed by atoms with Gasteiger partial charge in [-0.05, 0) is 39.3 Å². The van der Waals surface area contributed by atoms with E-state index in [4.69, 9.17) is 14.2 Å². The average Bonchev–Trinajstić information content (AvgIpc) is 3.20. The van der Waals surface area contributed by atoms with Gasteiger partial charge in [-0.15, -0.1) is 0 Å². The molecule has 2 N–H and O–H groups in total. The van der Waals surface area contributed by atoms with Crippen molar-refractivity contribution in [1.29, 1.82) is 0 Å². The number of ether oxygens (including phenoxy) is 3. The highest BCUT2D eigenvalue weighted by atomic mass is 16.7. The molecule has 2 aliphatic heterocycles. The highest BCUT2D eigenvalue weighted by Crippen LogP contribution is 2.46. The van der Waals surface area contributed by atoms with Crippen LogP contribution in [0.4, 0.5) is 10.5 Å². The lowest BCUT2D eigenvalue weighted by molar-refractivity contribution is -0.140. The lowest BCUT2D eigenvalue weighted by Gasteiger charge is -2.28. The number of nitrogens with one attached hydrogen (secondary N) is 1. The van der Waals surface area contributed by atoms with Crippen molar-refractivity contribution in [1.82, 2.24) is 5.32 Å². The fraction of sp³-hybridized carbons (Fsp3) is 0.526. The third-order valence-electron chi connectivity index (χ3n) is 4.51. The number of alkyl carbamates (subject to hydrolysis) is 1. The van der Waals surface area contributed by atoms with Gasteiger partial charge in [0, 0.05) is 12.0 Å². The number of hydrogen-bond donors (Lipinski definition) is 2. The first-order valence-electron chi connectivity index (χ1n) is 9.09. The number of anilines is 1. The standard InChI is InChI=1S/C19H24N2O7/c1-5-11(20-18(25)28-19(2,3)4)16(22)21-12-6-7-14-15(27-9-26-14)10(12)8-13(21)17(23)24/h6-7,11,13H,5,8-9H2,1-4H3,(H,20,25)(H,23,24)/t11-,13?/m0/s1. The second-order valence-electron chi connectivity index (χ2n) is 7.67. The van der Waals surface area contributed by atoms with Crippen LogP contribution in [0.1, 0.15) is 39.7 Å². The predicted octanol–water partition coefficient (Wildman–Crippen LogP) is 2.06. The monoisotopic (exact) mass is 392 g/mol. The van der Waals surface area contributed by atoms with Gasteiger partial charge >= 0.3 is 12.1 Å².